The summed E-state index contributed by atoms with van der Waals surface area (Å²) >= 11 is 0. The molecule has 184 valence electrons. The number of phenolic OH excluding ortho intramolecular Hbond substituents is 1. The molecule has 1 amide bonds. The van der Waals surface area contributed by atoms with E-state index in [-0.39, 0.29) is 5.75 Å². The molecular weight excluding hydrogens is 402 g/mol. The van der Waals surface area contributed by atoms with Gasteiger partial charge in [-0.3, -0.25) is 4.90 Å². The highest BCUT2D eigenvalue weighted by Gasteiger charge is 2.20. The number of hydrogen-bond donors (Lipinski definition) is 2. The molecule has 0 saturated carbocycles. The number of carboxylic acid groups (broad SMARTS) is 1. The summed E-state index contributed by atoms with van der Waals surface area (Å²) in [5, 5.41) is 18.8. The molecule has 1 aromatic carbocycles. The molecule has 1 aromatic rings. The molecule has 1 rings (SSSR count). The van der Waals surface area contributed by atoms with E-state index in [1.54, 1.807) is 19.1 Å². The summed E-state index contributed by atoms with van der Waals surface area (Å²) in [5.41, 5.74) is 0. The minimum absolute atomic E-state index is 0.160. The van der Waals surface area contributed by atoms with Gasteiger partial charge in [-0.05, 0) is 37.6 Å². The number of hydrogen-bond acceptors (Lipinski definition) is 3. The SMILES string of the molecule is CCCCCCCCCCCCCCCCCCN(C(=O)O)C(C)Oc1ccc(O)cc1. The van der Waals surface area contributed by atoms with Crippen molar-refractivity contribution in [2.45, 2.75) is 123 Å². The van der Waals surface area contributed by atoms with Crippen LogP contribution in [0.25, 0.3) is 0 Å². The zero-order valence-electron chi connectivity index (χ0n) is 20.6. The van der Waals surface area contributed by atoms with E-state index >= 15 is 0 Å². The first-order chi connectivity index (χ1) is 15.5. The Hall–Kier alpha value is -1.91. The maximum atomic E-state index is 11.6. The van der Waals surface area contributed by atoms with Gasteiger partial charge >= 0.3 is 6.09 Å². The standard InChI is InChI=1S/C27H47NO4/c1-3-4-5-6-7-8-9-10-11-12-13-14-15-16-17-18-23-28(27(30)31)24(2)32-26-21-19-25(29)20-22-26/h19-22,24,29H,3-18,23H2,1-2H3,(H,30,31). The van der Waals surface area contributed by atoms with Gasteiger partial charge < -0.3 is 14.9 Å². The van der Waals surface area contributed by atoms with Crippen LogP contribution in [0.3, 0.4) is 0 Å². The molecule has 0 aromatic heterocycles. The van der Waals surface area contributed by atoms with Gasteiger partial charge in [-0.2, -0.15) is 0 Å². The summed E-state index contributed by atoms with van der Waals surface area (Å²) in [6.07, 6.45) is 19.3. The van der Waals surface area contributed by atoms with Crippen LogP contribution in [0.5, 0.6) is 11.5 Å². The summed E-state index contributed by atoms with van der Waals surface area (Å²) in [7, 11) is 0. The second-order valence-electron chi connectivity index (χ2n) is 8.99. The molecule has 0 bridgehead atoms. The molecule has 0 aliphatic heterocycles. The fourth-order valence-electron chi connectivity index (χ4n) is 4.05. The Morgan fingerprint density at radius 2 is 1.19 bits per heavy atom. The largest absolute Gasteiger partial charge is 0.508 e. The van der Waals surface area contributed by atoms with Crippen molar-refractivity contribution in [2.75, 3.05) is 6.54 Å². The monoisotopic (exact) mass is 449 g/mol. The van der Waals surface area contributed by atoms with E-state index in [1.807, 2.05) is 0 Å². The van der Waals surface area contributed by atoms with E-state index in [0.717, 1.165) is 12.8 Å². The number of carbonyl (C=O) groups is 1. The third-order valence-corrected chi connectivity index (χ3v) is 6.08. The third-order valence-electron chi connectivity index (χ3n) is 6.08. The van der Waals surface area contributed by atoms with Crippen molar-refractivity contribution in [3.63, 3.8) is 0 Å². The maximum Gasteiger partial charge on any atom is 0.410 e. The average Bonchev–Trinajstić information content (AvgIpc) is 2.77. The van der Waals surface area contributed by atoms with Gasteiger partial charge in [0.1, 0.15) is 11.5 Å². The number of nitrogens with zero attached hydrogens (tertiary/aromatic N) is 1. The van der Waals surface area contributed by atoms with Crippen molar-refractivity contribution in [3.8, 4) is 11.5 Å². The molecule has 32 heavy (non-hydrogen) atoms. The zero-order chi connectivity index (χ0) is 23.4. The Labute approximate surface area is 196 Å². The molecule has 2 N–H and O–H groups in total. The topological polar surface area (TPSA) is 70.0 Å². The smallest absolute Gasteiger partial charge is 0.410 e. The van der Waals surface area contributed by atoms with Crippen LogP contribution < -0.4 is 4.74 Å². The molecule has 1 unspecified atom stereocenters. The number of ether oxygens (including phenoxy) is 1. The first kappa shape index (κ1) is 28.1. The minimum Gasteiger partial charge on any atom is -0.508 e. The molecule has 1 atom stereocenters. The highest BCUT2D eigenvalue weighted by molar-refractivity contribution is 5.65. The van der Waals surface area contributed by atoms with Gasteiger partial charge in [0.15, 0.2) is 6.23 Å². The average molecular weight is 450 g/mol. The predicted molar refractivity (Wildman–Crippen MR) is 132 cm³/mol. The number of unbranched alkanes of at least 4 members (excludes halogenated alkanes) is 15. The van der Waals surface area contributed by atoms with Crippen molar-refractivity contribution >= 4 is 6.09 Å². The van der Waals surface area contributed by atoms with Gasteiger partial charge in [0.2, 0.25) is 0 Å². The maximum absolute atomic E-state index is 11.6. The van der Waals surface area contributed by atoms with Crippen LogP contribution >= 0.6 is 0 Å². The lowest BCUT2D eigenvalue weighted by atomic mass is 10.0. The number of rotatable bonds is 20. The van der Waals surface area contributed by atoms with E-state index < -0.39 is 12.3 Å². The quantitative estimate of drug-likeness (QED) is 0.155. The number of amides is 1. The van der Waals surface area contributed by atoms with Gasteiger partial charge in [0.05, 0.1) is 0 Å². The second kappa shape index (κ2) is 18.6. The highest BCUT2D eigenvalue weighted by atomic mass is 16.5. The van der Waals surface area contributed by atoms with Crippen LogP contribution in [0, 0.1) is 0 Å². The zero-order valence-corrected chi connectivity index (χ0v) is 20.6. The first-order valence-electron chi connectivity index (χ1n) is 13.0. The molecule has 0 heterocycles. The van der Waals surface area contributed by atoms with Crippen LogP contribution in [-0.2, 0) is 0 Å². The summed E-state index contributed by atoms with van der Waals surface area (Å²) in [5.74, 6) is 0.710. The van der Waals surface area contributed by atoms with Crippen molar-refractivity contribution in [1.82, 2.24) is 4.90 Å². The summed E-state index contributed by atoms with van der Waals surface area (Å²) in [6, 6.07) is 6.34. The number of aromatic hydroxyl groups is 1. The van der Waals surface area contributed by atoms with Crippen LogP contribution in [0.15, 0.2) is 24.3 Å². The van der Waals surface area contributed by atoms with Crippen molar-refractivity contribution in [3.05, 3.63) is 24.3 Å². The number of phenols is 1. The first-order valence-corrected chi connectivity index (χ1v) is 13.0. The Balaban J connectivity index is 1.99. The Bertz CT molecular complexity index is 576. The normalized spacial score (nSPS) is 11.9. The van der Waals surface area contributed by atoms with Gasteiger partial charge in [-0.1, -0.05) is 103 Å². The lowest BCUT2D eigenvalue weighted by Gasteiger charge is -2.27. The Morgan fingerprint density at radius 3 is 1.59 bits per heavy atom. The van der Waals surface area contributed by atoms with Crippen molar-refractivity contribution in [1.29, 1.82) is 0 Å². The molecule has 0 saturated heterocycles. The van der Waals surface area contributed by atoms with Crippen LogP contribution in [0.1, 0.15) is 117 Å². The lowest BCUT2D eigenvalue weighted by molar-refractivity contribution is 0.0406. The van der Waals surface area contributed by atoms with Gasteiger partial charge in [-0.15, -0.1) is 0 Å². The van der Waals surface area contributed by atoms with Crippen molar-refractivity contribution < 1.29 is 19.7 Å². The predicted octanol–water partition coefficient (Wildman–Crippen LogP) is 8.36. The van der Waals surface area contributed by atoms with Crippen molar-refractivity contribution in [2.24, 2.45) is 0 Å². The Morgan fingerprint density at radius 1 is 0.781 bits per heavy atom. The number of benzene rings is 1. The molecule has 0 fully saturated rings. The third kappa shape index (κ3) is 14.2. The van der Waals surface area contributed by atoms with Crippen LogP contribution in [0.4, 0.5) is 4.79 Å². The second-order valence-corrected chi connectivity index (χ2v) is 8.99. The van der Waals surface area contributed by atoms with Gasteiger partial charge in [0, 0.05) is 6.54 Å². The Kier molecular flexibility index (Phi) is 16.4. The summed E-state index contributed by atoms with van der Waals surface area (Å²) in [4.78, 5) is 12.9. The van der Waals surface area contributed by atoms with E-state index in [0.29, 0.717) is 12.3 Å². The highest BCUT2D eigenvalue weighted by Crippen LogP contribution is 2.19. The fraction of sp³-hybridized carbons (Fsp3) is 0.741. The van der Waals surface area contributed by atoms with Gasteiger partial charge in [0.25, 0.3) is 0 Å². The van der Waals surface area contributed by atoms with Crippen LogP contribution in [-0.4, -0.2) is 34.0 Å². The van der Waals surface area contributed by atoms with E-state index in [2.05, 4.69) is 6.92 Å². The van der Waals surface area contributed by atoms with Crippen LogP contribution in [0.2, 0.25) is 0 Å². The lowest BCUT2D eigenvalue weighted by Crippen LogP contribution is -2.41. The molecule has 5 heteroatoms. The van der Waals surface area contributed by atoms with E-state index in [9.17, 15) is 15.0 Å². The summed E-state index contributed by atoms with van der Waals surface area (Å²) < 4.78 is 5.71. The van der Waals surface area contributed by atoms with E-state index in [4.69, 9.17) is 4.74 Å². The molecular formula is C27H47NO4. The molecule has 0 aliphatic rings. The van der Waals surface area contributed by atoms with Gasteiger partial charge in [-0.25, -0.2) is 4.79 Å². The molecule has 0 spiro atoms. The molecule has 5 nitrogen and oxygen atoms in total. The molecule has 0 radical (unpaired) electrons. The fourth-order valence-corrected chi connectivity index (χ4v) is 4.05. The summed E-state index contributed by atoms with van der Waals surface area (Å²) in [6.45, 7) is 4.49. The van der Waals surface area contributed by atoms with E-state index in [1.165, 1.54) is 107 Å². The minimum atomic E-state index is -0.961. The molecule has 0 aliphatic carbocycles.